The van der Waals surface area contributed by atoms with Crippen LogP contribution in [0, 0.1) is 16.7 Å². The standard InChI is InChI=1S/C61H74O19/c1-34(17-13-19-36(3)21-23-41-38(5)52(69)46(30-60(41,7)8)78-50(67)27-25-48(65)76-32-44(63)40-29-43(62)55(72)54(40)71)15-11-12-16-35(2)18-14-20-37(4)22-24-42-39(6)53(70)47(31-61(42,9)10)79-51(68)28-26-49(66)77-33-45(64)58-56(73)57(74)59(75)80-58/h11-24,40,44-47,58,63-64,71-74H,25-33H2,1-10H3/b12-11+,17-13+,18-14+,23-21+,24-22+,34-15+,35-16+,36-19+,37-20+. The van der Waals surface area contributed by atoms with Crippen LogP contribution >= 0.6 is 0 Å². The van der Waals surface area contributed by atoms with Crippen LogP contribution < -0.4 is 0 Å². The molecule has 0 fully saturated rings. The van der Waals surface area contributed by atoms with Gasteiger partial charge in [-0.1, -0.05) is 135 Å². The Hall–Kier alpha value is -7.90. The number of hydrogen-bond acceptors (Lipinski definition) is 19. The van der Waals surface area contributed by atoms with Crippen molar-refractivity contribution >= 4 is 47.2 Å². The van der Waals surface area contributed by atoms with Gasteiger partial charge in [-0.15, -0.1) is 0 Å². The number of esters is 5. The molecule has 0 bridgehead atoms. The van der Waals surface area contributed by atoms with Crippen molar-refractivity contribution in [2.45, 2.75) is 145 Å². The molecule has 4 rings (SSSR count). The van der Waals surface area contributed by atoms with Crippen LogP contribution in [0.25, 0.3) is 0 Å². The Morgan fingerprint density at radius 1 is 0.562 bits per heavy atom. The van der Waals surface area contributed by atoms with Gasteiger partial charge >= 0.3 is 29.8 Å². The summed E-state index contributed by atoms with van der Waals surface area (Å²) >= 11 is 0. The van der Waals surface area contributed by atoms with E-state index in [1.807, 2.05) is 140 Å². The van der Waals surface area contributed by atoms with Gasteiger partial charge in [0.2, 0.25) is 11.5 Å². The average Bonchev–Trinajstić information content (AvgIpc) is 3.83. The van der Waals surface area contributed by atoms with Gasteiger partial charge in [-0.05, 0) is 74.7 Å². The number of carbonyl (C=O) groups excluding carboxylic acids is 8. The Morgan fingerprint density at radius 2 is 0.950 bits per heavy atom. The van der Waals surface area contributed by atoms with Crippen molar-refractivity contribution in [2.24, 2.45) is 16.7 Å². The van der Waals surface area contributed by atoms with Crippen LogP contribution in [0.3, 0.4) is 0 Å². The molecule has 4 aliphatic rings. The minimum absolute atomic E-state index is 0.214. The monoisotopic (exact) mass is 1110 g/mol. The summed E-state index contributed by atoms with van der Waals surface area (Å²) in [5, 5.41) is 58.7. The van der Waals surface area contributed by atoms with Gasteiger partial charge in [0.1, 0.15) is 25.1 Å². The summed E-state index contributed by atoms with van der Waals surface area (Å²) in [6.07, 6.45) is 18.8. The molecule has 0 saturated carbocycles. The van der Waals surface area contributed by atoms with Gasteiger partial charge in [-0.25, -0.2) is 4.79 Å². The van der Waals surface area contributed by atoms with Gasteiger partial charge in [0, 0.05) is 19.3 Å². The van der Waals surface area contributed by atoms with Crippen LogP contribution in [-0.2, 0) is 62.0 Å². The molecule has 3 aliphatic carbocycles. The molecule has 6 N–H and O–H groups in total. The summed E-state index contributed by atoms with van der Waals surface area (Å²) < 4.78 is 25.5. The van der Waals surface area contributed by atoms with Crippen molar-refractivity contribution in [2.75, 3.05) is 13.2 Å². The molecule has 0 aromatic heterocycles. The number of aliphatic hydroxyl groups excluding tert-OH is 6. The topological polar surface area (TPSA) is 304 Å². The minimum Gasteiger partial charge on any atom is -0.508 e. The van der Waals surface area contributed by atoms with Crippen molar-refractivity contribution in [1.29, 1.82) is 0 Å². The van der Waals surface area contributed by atoms with E-state index in [1.54, 1.807) is 13.8 Å². The Morgan fingerprint density at radius 3 is 1.34 bits per heavy atom. The number of rotatable bonds is 24. The number of aliphatic hydroxyl groups is 6. The lowest BCUT2D eigenvalue weighted by atomic mass is 9.71. The van der Waals surface area contributed by atoms with Crippen LogP contribution in [0.4, 0.5) is 0 Å². The SMILES string of the molecule is CC1=C(/C=C/C(C)=C/C=C/C(C)=C/C=C/C=C(C)/C=C/C=C(C)/C=C/C2=C(C)C(=O)C(OC(=O)CCC(=O)OCC(O)C3OC(=O)C(O)=C3O)CC2(C)C)C(C)(C)CC(OC(=O)CCC(=O)OCC(O)C2CC(=O)C(O)=C2O)C1=O. The molecule has 6 atom stereocenters. The smallest absolute Gasteiger partial charge is 0.377 e. The zero-order chi connectivity index (χ0) is 59.8. The molecule has 0 radical (unpaired) electrons. The van der Waals surface area contributed by atoms with Gasteiger partial charge < -0.3 is 54.3 Å². The van der Waals surface area contributed by atoms with Crippen LogP contribution in [0.1, 0.15) is 114 Å². The molecule has 1 heterocycles. The van der Waals surface area contributed by atoms with E-state index in [9.17, 15) is 69.0 Å². The van der Waals surface area contributed by atoms with Crippen molar-refractivity contribution < 1.29 is 92.7 Å². The zero-order valence-electron chi connectivity index (χ0n) is 46.9. The molecule has 19 nitrogen and oxygen atoms in total. The highest BCUT2D eigenvalue weighted by atomic mass is 16.6. The van der Waals surface area contributed by atoms with Crippen LogP contribution in [0.5, 0.6) is 0 Å². The molecule has 0 saturated heterocycles. The molecular weight excluding hydrogens is 1040 g/mol. The largest absolute Gasteiger partial charge is 0.508 e. The number of cyclic esters (lactones) is 1. The third-order valence-electron chi connectivity index (χ3n) is 13.7. The van der Waals surface area contributed by atoms with Gasteiger partial charge in [-0.3, -0.25) is 33.6 Å². The molecule has 19 heteroatoms. The Labute approximate surface area is 465 Å². The first-order valence-electron chi connectivity index (χ1n) is 26.1. The van der Waals surface area contributed by atoms with E-state index >= 15 is 0 Å². The highest BCUT2D eigenvalue weighted by Crippen LogP contribution is 2.42. The summed E-state index contributed by atoms with van der Waals surface area (Å²) in [7, 11) is 0. The number of allylic oxidation sites excluding steroid dienone is 21. The number of ether oxygens (including phenoxy) is 5. The highest BCUT2D eigenvalue weighted by molar-refractivity contribution is 6.02. The van der Waals surface area contributed by atoms with Crippen molar-refractivity contribution in [3.8, 4) is 0 Å². The summed E-state index contributed by atoms with van der Waals surface area (Å²) in [5.41, 5.74) is 5.31. The Bertz CT molecular complexity index is 2690. The van der Waals surface area contributed by atoms with Crippen LogP contribution in [-0.4, -0.2) is 122 Å². The van der Waals surface area contributed by atoms with E-state index in [4.69, 9.17) is 18.9 Å². The normalized spacial score (nSPS) is 23.2. The molecule has 6 unspecified atom stereocenters. The maximum Gasteiger partial charge on any atom is 0.377 e. The molecule has 432 valence electrons. The lowest BCUT2D eigenvalue weighted by Gasteiger charge is -2.36. The quantitative estimate of drug-likeness (QED) is 0.0299. The first kappa shape index (κ1) is 64.6. The third kappa shape index (κ3) is 18.3. The van der Waals surface area contributed by atoms with Gasteiger partial charge in [0.25, 0.3) is 0 Å². The van der Waals surface area contributed by atoms with Crippen LogP contribution in [0.2, 0.25) is 0 Å². The zero-order valence-corrected chi connectivity index (χ0v) is 46.9. The van der Waals surface area contributed by atoms with E-state index in [-0.39, 0.29) is 43.7 Å². The number of carbonyl (C=O) groups is 8. The minimum atomic E-state index is -1.66. The summed E-state index contributed by atoms with van der Waals surface area (Å²) in [5.74, 6) is -10.5. The van der Waals surface area contributed by atoms with Crippen molar-refractivity contribution in [3.05, 3.63) is 153 Å². The lowest BCUT2D eigenvalue weighted by molar-refractivity contribution is -0.160. The fourth-order valence-corrected chi connectivity index (χ4v) is 9.06. The molecule has 0 amide bonds. The van der Waals surface area contributed by atoms with Crippen molar-refractivity contribution in [1.82, 2.24) is 0 Å². The predicted molar refractivity (Wildman–Crippen MR) is 293 cm³/mol. The Balaban J connectivity index is 1.20. The van der Waals surface area contributed by atoms with E-state index in [1.165, 1.54) is 0 Å². The summed E-state index contributed by atoms with van der Waals surface area (Å²) in [6.45, 7) is 17.7. The van der Waals surface area contributed by atoms with Gasteiger partial charge in [-0.2, -0.15) is 0 Å². The van der Waals surface area contributed by atoms with Gasteiger partial charge in [0.05, 0.1) is 37.7 Å². The lowest BCUT2D eigenvalue weighted by Crippen LogP contribution is -2.39. The predicted octanol–water partition coefficient (Wildman–Crippen LogP) is 8.55. The molecule has 80 heavy (non-hydrogen) atoms. The maximum atomic E-state index is 13.3. The highest BCUT2D eigenvalue weighted by Gasteiger charge is 2.43. The second-order valence-electron chi connectivity index (χ2n) is 21.4. The first-order chi connectivity index (χ1) is 37.4. The van der Waals surface area contributed by atoms with Gasteiger partial charge in [0.15, 0.2) is 41.4 Å². The van der Waals surface area contributed by atoms with E-state index in [0.717, 1.165) is 33.4 Å². The first-order valence-corrected chi connectivity index (χ1v) is 26.1. The Kier molecular flexibility index (Phi) is 23.3. The van der Waals surface area contributed by atoms with E-state index in [0.29, 0.717) is 11.1 Å². The number of ketones is 3. The fourth-order valence-electron chi connectivity index (χ4n) is 9.06. The second kappa shape index (κ2) is 28.8. The van der Waals surface area contributed by atoms with Crippen molar-refractivity contribution in [3.63, 3.8) is 0 Å². The summed E-state index contributed by atoms with van der Waals surface area (Å²) in [4.78, 5) is 99.3. The summed E-state index contributed by atoms with van der Waals surface area (Å²) in [6, 6.07) is 0. The second-order valence-corrected chi connectivity index (χ2v) is 21.4. The van der Waals surface area contributed by atoms with E-state index < -0.39 is 132 Å². The molecular formula is C61H74O19. The molecule has 0 aromatic rings. The molecule has 0 aromatic carbocycles. The van der Waals surface area contributed by atoms with E-state index in [2.05, 4.69) is 4.74 Å². The molecule has 1 aliphatic heterocycles. The molecule has 0 spiro atoms. The average molecular weight is 1110 g/mol. The maximum absolute atomic E-state index is 13.3. The number of Topliss-reactive ketones (excluding diaryl/α,β-unsaturated/α-hetero) is 3. The number of hydrogen-bond donors (Lipinski definition) is 6. The third-order valence-corrected chi connectivity index (χ3v) is 13.7. The fraction of sp³-hybridized carbons (Fsp3) is 0.443. The van der Waals surface area contributed by atoms with Crippen LogP contribution in [0.15, 0.2) is 153 Å².